The van der Waals surface area contributed by atoms with E-state index in [2.05, 4.69) is 26.6 Å². The summed E-state index contributed by atoms with van der Waals surface area (Å²) < 4.78 is 2.76. The molecule has 1 aromatic heterocycles. The molecule has 0 bridgehead atoms. The van der Waals surface area contributed by atoms with Gasteiger partial charge in [-0.2, -0.15) is 0 Å². The van der Waals surface area contributed by atoms with Crippen molar-refractivity contribution in [3.8, 4) is 0 Å². The highest BCUT2D eigenvalue weighted by Crippen LogP contribution is 2.14. The number of carbonyl (C=O) groups is 1. The minimum absolute atomic E-state index is 0. The van der Waals surface area contributed by atoms with E-state index in [0.717, 1.165) is 30.4 Å². The van der Waals surface area contributed by atoms with E-state index in [0.29, 0.717) is 5.69 Å². The first-order valence-corrected chi connectivity index (χ1v) is 6.29. The van der Waals surface area contributed by atoms with Crippen molar-refractivity contribution in [2.45, 2.75) is 18.9 Å². The van der Waals surface area contributed by atoms with E-state index < -0.39 is 0 Å². The van der Waals surface area contributed by atoms with Gasteiger partial charge in [-0.3, -0.25) is 4.79 Å². The van der Waals surface area contributed by atoms with Gasteiger partial charge in [-0.25, -0.2) is 0 Å². The number of nitrogens with zero attached hydrogens (tertiary/aromatic N) is 1. The fraction of sp³-hybridized carbons (Fsp3) is 0.545. The zero-order valence-electron chi connectivity index (χ0n) is 9.70. The lowest BCUT2D eigenvalue weighted by molar-refractivity contribution is 0.0922. The van der Waals surface area contributed by atoms with Gasteiger partial charge < -0.3 is 15.2 Å². The number of nitrogens with one attached hydrogen (secondary N) is 2. The van der Waals surface area contributed by atoms with Crippen molar-refractivity contribution >= 4 is 34.2 Å². The monoisotopic (exact) mass is 321 g/mol. The van der Waals surface area contributed by atoms with Crippen molar-refractivity contribution in [1.82, 2.24) is 15.2 Å². The molecule has 96 valence electrons. The maximum atomic E-state index is 12.0. The molecule has 1 saturated heterocycles. The number of aromatic nitrogens is 1. The van der Waals surface area contributed by atoms with Gasteiger partial charge in [0.05, 0.1) is 0 Å². The molecule has 2 rings (SSSR count). The molecule has 0 aromatic carbocycles. The van der Waals surface area contributed by atoms with Crippen molar-refractivity contribution in [3.63, 3.8) is 0 Å². The summed E-state index contributed by atoms with van der Waals surface area (Å²) in [6.07, 6.45) is 4.07. The first-order chi connectivity index (χ1) is 7.66. The third kappa shape index (κ3) is 3.72. The minimum atomic E-state index is 0. The Morgan fingerprint density at radius 1 is 1.65 bits per heavy atom. The van der Waals surface area contributed by atoms with Gasteiger partial charge in [0, 0.05) is 30.3 Å². The van der Waals surface area contributed by atoms with E-state index in [4.69, 9.17) is 0 Å². The van der Waals surface area contributed by atoms with Gasteiger partial charge in [0.15, 0.2) is 0 Å². The fourth-order valence-electron chi connectivity index (χ4n) is 1.98. The highest BCUT2D eigenvalue weighted by molar-refractivity contribution is 9.10. The molecule has 2 heterocycles. The van der Waals surface area contributed by atoms with Crippen LogP contribution in [0.4, 0.5) is 0 Å². The largest absolute Gasteiger partial charge is 0.347 e. The zero-order valence-corrected chi connectivity index (χ0v) is 12.1. The highest BCUT2D eigenvalue weighted by Gasteiger charge is 2.18. The number of hydrogen-bond acceptors (Lipinski definition) is 2. The molecule has 0 spiro atoms. The molecule has 1 aliphatic rings. The van der Waals surface area contributed by atoms with Gasteiger partial charge in [-0.15, -0.1) is 12.4 Å². The van der Waals surface area contributed by atoms with Crippen LogP contribution in [0.3, 0.4) is 0 Å². The molecule has 2 N–H and O–H groups in total. The molecule has 6 heteroatoms. The highest BCUT2D eigenvalue weighted by atomic mass is 79.9. The number of piperidine rings is 1. The summed E-state index contributed by atoms with van der Waals surface area (Å²) in [5, 5.41) is 6.33. The summed E-state index contributed by atoms with van der Waals surface area (Å²) in [6.45, 7) is 1.93. The molecule has 1 unspecified atom stereocenters. The predicted molar refractivity (Wildman–Crippen MR) is 73.7 cm³/mol. The molecule has 1 atom stereocenters. The van der Waals surface area contributed by atoms with Gasteiger partial charge in [0.25, 0.3) is 5.91 Å². The molecule has 1 aliphatic heterocycles. The van der Waals surface area contributed by atoms with Crippen LogP contribution >= 0.6 is 28.3 Å². The second kappa shape index (κ2) is 6.42. The van der Waals surface area contributed by atoms with Crippen molar-refractivity contribution < 1.29 is 4.79 Å². The maximum absolute atomic E-state index is 12.0. The molecule has 0 radical (unpaired) electrons. The Morgan fingerprint density at radius 2 is 2.41 bits per heavy atom. The maximum Gasteiger partial charge on any atom is 0.268 e. The summed E-state index contributed by atoms with van der Waals surface area (Å²) in [5.74, 6) is 0.00176. The summed E-state index contributed by atoms with van der Waals surface area (Å²) in [7, 11) is 1.87. The molecular formula is C11H17BrClN3O. The van der Waals surface area contributed by atoms with Crippen molar-refractivity contribution in [3.05, 3.63) is 22.4 Å². The lowest BCUT2D eigenvalue weighted by Gasteiger charge is -2.23. The lowest BCUT2D eigenvalue weighted by Crippen LogP contribution is -2.45. The normalized spacial score (nSPS) is 19.5. The SMILES string of the molecule is Cl.Cn1cc(Br)cc1C(=O)NC1CCCNC1. The summed E-state index contributed by atoms with van der Waals surface area (Å²) in [5.41, 5.74) is 0.692. The molecule has 0 aliphatic carbocycles. The second-order valence-corrected chi connectivity index (χ2v) is 5.09. The Morgan fingerprint density at radius 3 is 2.94 bits per heavy atom. The Balaban J connectivity index is 0.00000144. The van der Waals surface area contributed by atoms with E-state index in [9.17, 15) is 4.79 Å². The van der Waals surface area contributed by atoms with Gasteiger partial charge in [-0.1, -0.05) is 0 Å². The van der Waals surface area contributed by atoms with Gasteiger partial charge in [0.1, 0.15) is 5.69 Å². The zero-order chi connectivity index (χ0) is 11.5. The predicted octanol–water partition coefficient (Wildman–Crippen LogP) is 1.69. The molecule has 1 aromatic rings. The van der Waals surface area contributed by atoms with E-state index in [1.165, 1.54) is 0 Å². The van der Waals surface area contributed by atoms with Crippen LogP contribution in [0, 0.1) is 0 Å². The van der Waals surface area contributed by atoms with Crippen LogP contribution in [0.5, 0.6) is 0 Å². The summed E-state index contributed by atoms with van der Waals surface area (Å²) >= 11 is 3.36. The number of amides is 1. The van der Waals surface area contributed by atoms with Crippen LogP contribution in [0.25, 0.3) is 0 Å². The van der Waals surface area contributed by atoms with Crippen molar-refractivity contribution in [2.75, 3.05) is 13.1 Å². The fourth-order valence-corrected chi connectivity index (χ4v) is 2.51. The summed E-state index contributed by atoms with van der Waals surface area (Å²) in [4.78, 5) is 12.0. The van der Waals surface area contributed by atoms with E-state index in [-0.39, 0.29) is 24.4 Å². The van der Waals surface area contributed by atoms with Gasteiger partial charge in [-0.05, 0) is 41.4 Å². The Hall–Kier alpha value is -0.520. The van der Waals surface area contributed by atoms with Crippen LogP contribution in [0.2, 0.25) is 0 Å². The Bertz CT molecular complexity index is 388. The lowest BCUT2D eigenvalue weighted by atomic mass is 10.1. The average molecular weight is 323 g/mol. The third-order valence-electron chi connectivity index (χ3n) is 2.84. The first-order valence-electron chi connectivity index (χ1n) is 5.50. The van der Waals surface area contributed by atoms with Crippen LogP contribution < -0.4 is 10.6 Å². The molecule has 1 fully saturated rings. The quantitative estimate of drug-likeness (QED) is 0.870. The number of carbonyl (C=O) groups excluding carboxylic acids is 1. The number of halogens is 2. The average Bonchev–Trinajstić information content (AvgIpc) is 2.59. The van der Waals surface area contributed by atoms with Crippen LogP contribution in [0.15, 0.2) is 16.7 Å². The van der Waals surface area contributed by atoms with Crippen molar-refractivity contribution in [1.29, 1.82) is 0 Å². The summed E-state index contributed by atoms with van der Waals surface area (Å²) in [6, 6.07) is 2.10. The molecule has 0 saturated carbocycles. The van der Waals surface area contributed by atoms with Crippen LogP contribution in [-0.2, 0) is 7.05 Å². The van der Waals surface area contributed by atoms with Crippen LogP contribution in [0.1, 0.15) is 23.3 Å². The molecular weight excluding hydrogens is 305 g/mol. The molecule has 17 heavy (non-hydrogen) atoms. The molecule has 1 amide bonds. The number of aryl methyl sites for hydroxylation is 1. The number of rotatable bonds is 2. The minimum Gasteiger partial charge on any atom is -0.347 e. The molecule has 4 nitrogen and oxygen atoms in total. The van der Waals surface area contributed by atoms with Crippen LogP contribution in [-0.4, -0.2) is 29.6 Å². The smallest absolute Gasteiger partial charge is 0.268 e. The van der Waals surface area contributed by atoms with E-state index in [1.54, 1.807) is 0 Å². The second-order valence-electron chi connectivity index (χ2n) is 4.17. The van der Waals surface area contributed by atoms with Gasteiger partial charge in [0.2, 0.25) is 0 Å². The standard InChI is InChI=1S/C11H16BrN3O.ClH/c1-15-7-8(12)5-10(15)11(16)14-9-3-2-4-13-6-9;/h5,7,9,13H,2-4,6H2,1H3,(H,14,16);1H. The number of hydrogen-bond donors (Lipinski definition) is 2. The Kier molecular flexibility index (Phi) is 5.49. The first kappa shape index (κ1) is 14.5. The van der Waals surface area contributed by atoms with Gasteiger partial charge >= 0.3 is 0 Å². The topological polar surface area (TPSA) is 46.1 Å². The van der Waals surface area contributed by atoms with Crippen molar-refractivity contribution in [2.24, 2.45) is 7.05 Å². The third-order valence-corrected chi connectivity index (χ3v) is 3.27. The Labute approximate surface area is 116 Å². The van der Waals surface area contributed by atoms with E-state index in [1.807, 2.05) is 23.9 Å². The van der Waals surface area contributed by atoms with E-state index >= 15 is 0 Å².